The second kappa shape index (κ2) is 7.01. The van der Waals surface area contributed by atoms with E-state index in [-0.39, 0.29) is 6.42 Å². The Morgan fingerprint density at radius 3 is 2.58 bits per heavy atom. The van der Waals surface area contributed by atoms with Crippen LogP contribution in [0.1, 0.15) is 31.2 Å². The lowest BCUT2D eigenvalue weighted by Crippen LogP contribution is -2.07. The third kappa shape index (κ3) is 6.13. The largest absolute Gasteiger partial charge is 0.481 e. The van der Waals surface area contributed by atoms with Crippen LogP contribution < -0.4 is 5.32 Å². The first-order chi connectivity index (χ1) is 8.89. The quantitative estimate of drug-likeness (QED) is 0.745. The molecule has 106 valence electrons. The number of nitrogens with one attached hydrogen (secondary N) is 1. The lowest BCUT2D eigenvalue weighted by molar-refractivity contribution is -0.138. The van der Waals surface area contributed by atoms with E-state index in [1.54, 1.807) is 6.07 Å². The highest BCUT2D eigenvalue weighted by Crippen LogP contribution is 2.30. The molecule has 0 aliphatic carbocycles. The summed E-state index contributed by atoms with van der Waals surface area (Å²) in [6.45, 7) is 0.529. The number of halogens is 3. The number of hydrogen-bond acceptors (Lipinski definition) is 2. The monoisotopic (exact) mass is 275 g/mol. The molecule has 0 aliphatic rings. The predicted molar refractivity (Wildman–Crippen MR) is 66.0 cm³/mol. The van der Waals surface area contributed by atoms with Crippen LogP contribution in [0.25, 0.3) is 0 Å². The molecule has 0 spiro atoms. The Balaban J connectivity index is 2.32. The molecule has 0 radical (unpaired) electrons. The van der Waals surface area contributed by atoms with Gasteiger partial charge in [0.25, 0.3) is 0 Å². The van der Waals surface area contributed by atoms with Crippen molar-refractivity contribution in [3.8, 4) is 0 Å². The van der Waals surface area contributed by atoms with Crippen molar-refractivity contribution in [3.05, 3.63) is 29.8 Å². The third-order valence-electron chi connectivity index (χ3n) is 2.59. The van der Waals surface area contributed by atoms with Crippen molar-refractivity contribution in [2.45, 2.75) is 31.9 Å². The van der Waals surface area contributed by atoms with E-state index in [0.29, 0.717) is 18.7 Å². The summed E-state index contributed by atoms with van der Waals surface area (Å²) in [5.41, 5.74) is -0.253. The molecule has 0 amide bonds. The average molecular weight is 275 g/mol. The van der Waals surface area contributed by atoms with Crippen molar-refractivity contribution in [1.82, 2.24) is 0 Å². The zero-order valence-electron chi connectivity index (χ0n) is 10.3. The van der Waals surface area contributed by atoms with E-state index >= 15 is 0 Å². The van der Waals surface area contributed by atoms with Crippen molar-refractivity contribution < 1.29 is 23.1 Å². The molecule has 1 aromatic rings. The van der Waals surface area contributed by atoms with Crippen LogP contribution in [0.3, 0.4) is 0 Å². The first-order valence-electron chi connectivity index (χ1n) is 6.02. The molecule has 0 atom stereocenters. The van der Waals surface area contributed by atoms with Gasteiger partial charge in [-0.1, -0.05) is 12.5 Å². The fourth-order valence-corrected chi connectivity index (χ4v) is 1.62. The van der Waals surface area contributed by atoms with Gasteiger partial charge in [-0.15, -0.1) is 0 Å². The molecule has 19 heavy (non-hydrogen) atoms. The van der Waals surface area contributed by atoms with E-state index in [1.165, 1.54) is 6.07 Å². The molecule has 3 nitrogen and oxygen atoms in total. The number of carbonyl (C=O) groups is 1. The van der Waals surface area contributed by atoms with Crippen LogP contribution in [-0.4, -0.2) is 17.6 Å². The number of alkyl halides is 3. The number of carboxylic acid groups (broad SMARTS) is 1. The summed E-state index contributed by atoms with van der Waals surface area (Å²) in [5.74, 6) is -0.828. The lowest BCUT2D eigenvalue weighted by Gasteiger charge is -2.10. The van der Waals surface area contributed by atoms with Crippen LogP contribution in [0.2, 0.25) is 0 Å². The van der Waals surface area contributed by atoms with Crippen molar-refractivity contribution in [1.29, 1.82) is 0 Å². The van der Waals surface area contributed by atoms with Gasteiger partial charge in [0.2, 0.25) is 0 Å². The first-order valence-corrected chi connectivity index (χ1v) is 6.02. The fourth-order valence-electron chi connectivity index (χ4n) is 1.62. The number of carboxylic acids is 1. The van der Waals surface area contributed by atoms with E-state index in [0.717, 1.165) is 25.0 Å². The minimum absolute atomic E-state index is 0.129. The molecule has 1 aromatic carbocycles. The van der Waals surface area contributed by atoms with Crippen LogP contribution in [0, 0.1) is 0 Å². The number of benzene rings is 1. The van der Waals surface area contributed by atoms with Crippen molar-refractivity contribution >= 4 is 11.7 Å². The third-order valence-corrected chi connectivity index (χ3v) is 2.59. The van der Waals surface area contributed by atoms with Gasteiger partial charge < -0.3 is 10.4 Å². The molecule has 0 saturated heterocycles. The molecule has 0 saturated carbocycles. The van der Waals surface area contributed by atoms with Crippen LogP contribution in [-0.2, 0) is 11.0 Å². The normalized spacial score (nSPS) is 11.3. The summed E-state index contributed by atoms with van der Waals surface area (Å²) in [6.07, 6.45) is -2.16. The Labute approximate surface area is 109 Å². The summed E-state index contributed by atoms with van der Waals surface area (Å²) in [5, 5.41) is 11.3. The minimum Gasteiger partial charge on any atom is -0.481 e. The number of hydrogen-bond donors (Lipinski definition) is 2. The van der Waals surface area contributed by atoms with E-state index in [2.05, 4.69) is 5.32 Å². The van der Waals surface area contributed by atoms with Gasteiger partial charge in [-0.05, 0) is 31.0 Å². The fraction of sp³-hybridized carbons (Fsp3) is 0.462. The summed E-state index contributed by atoms with van der Waals surface area (Å²) >= 11 is 0. The molecule has 0 heterocycles. The van der Waals surface area contributed by atoms with Crippen LogP contribution in [0.15, 0.2) is 24.3 Å². The maximum absolute atomic E-state index is 12.4. The molecule has 0 aromatic heterocycles. The van der Waals surface area contributed by atoms with Gasteiger partial charge in [-0.2, -0.15) is 13.2 Å². The zero-order valence-corrected chi connectivity index (χ0v) is 10.3. The Bertz CT molecular complexity index is 419. The Morgan fingerprint density at radius 2 is 1.95 bits per heavy atom. The molecule has 0 bridgehead atoms. The highest BCUT2D eigenvalue weighted by molar-refractivity contribution is 5.66. The van der Waals surface area contributed by atoms with E-state index in [9.17, 15) is 18.0 Å². The van der Waals surface area contributed by atoms with Gasteiger partial charge in [-0.3, -0.25) is 4.79 Å². The van der Waals surface area contributed by atoms with Crippen LogP contribution in [0.5, 0.6) is 0 Å². The van der Waals surface area contributed by atoms with E-state index < -0.39 is 17.7 Å². The van der Waals surface area contributed by atoms with Crippen LogP contribution >= 0.6 is 0 Å². The molecule has 0 aliphatic heterocycles. The molecular formula is C13H16F3NO2. The highest BCUT2D eigenvalue weighted by Gasteiger charge is 2.30. The smallest absolute Gasteiger partial charge is 0.416 e. The topological polar surface area (TPSA) is 49.3 Å². The summed E-state index contributed by atoms with van der Waals surface area (Å²) < 4.78 is 37.3. The van der Waals surface area contributed by atoms with E-state index in [1.807, 2.05) is 0 Å². The summed E-state index contributed by atoms with van der Waals surface area (Å²) in [4.78, 5) is 10.3. The van der Waals surface area contributed by atoms with Gasteiger partial charge in [0.1, 0.15) is 0 Å². The van der Waals surface area contributed by atoms with Gasteiger partial charge in [0, 0.05) is 18.7 Å². The van der Waals surface area contributed by atoms with Gasteiger partial charge in [0.15, 0.2) is 0 Å². The minimum atomic E-state index is -4.33. The first kappa shape index (κ1) is 15.3. The second-order valence-electron chi connectivity index (χ2n) is 4.21. The van der Waals surface area contributed by atoms with Crippen molar-refractivity contribution in [2.75, 3.05) is 11.9 Å². The molecule has 0 unspecified atom stereocenters. The molecular weight excluding hydrogens is 259 g/mol. The second-order valence-corrected chi connectivity index (χ2v) is 4.21. The highest BCUT2D eigenvalue weighted by atomic mass is 19.4. The van der Waals surface area contributed by atoms with Crippen molar-refractivity contribution in [2.24, 2.45) is 0 Å². The Hall–Kier alpha value is -1.72. The van der Waals surface area contributed by atoms with Gasteiger partial charge in [0.05, 0.1) is 5.56 Å². The number of anilines is 1. The summed E-state index contributed by atoms with van der Waals surface area (Å²) in [7, 11) is 0. The van der Waals surface area contributed by atoms with Gasteiger partial charge in [-0.25, -0.2) is 0 Å². The number of unbranched alkanes of at least 4 members (excludes halogenated alkanes) is 2. The Morgan fingerprint density at radius 1 is 1.21 bits per heavy atom. The van der Waals surface area contributed by atoms with Crippen LogP contribution in [0.4, 0.5) is 18.9 Å². The summed E-state index contributed by atoms with van der Waals surface area (Å²) in [6, 6.07) is 5.03. The lowest BCUT2D eigenvalue weighted by atomic mass is 10.1. The average Bonchev–Trinajstić information content (AvgIpc) is 2.32. The number of aliphatic carboxylic acids is 1. The molecule has 1 rings (SSSR count). The molecule has 2 N–H and O–H groups in total. The molecule has 6 heteroatoms. The number of rotatable bonds is 7. The maximum Gasteiger partial charge on any atom is 0.416 e. The van der Waals surface area contributed by atoms with Gasteiger partial charge >= 0.3 is 12.1 Å². The van der Waals surface area contributed by atoms with Crippen molar-refractivity contribution in [3.63, 3.8) is 0 Å². The molecule has 0 fully saturated rings. The standard InChI is InChI=1S/C13H16F3NO2/c14-13(15,16)10-5-4-6-11(9-10)17-8-3-1-2-7-12(18)19/h4-6,9,17H,1-3,7-8H2,(H,18,19). The maximum atomic E-state index is 12.4. The van der Waals surface area contributed by atoms with E-state index in [4.69, 9.17) is 5.11 Å². The SMILES string of the molecule is O=C(O)CCCCCNc1cccc(C(F)(F)F)c1. The zero-order chi connectivity index (χ0) is 14.3. The Kier molecular flexibility index (Phi) is 5.66. The predicted octanol–water partition coefficient (Wildman–Crippen LogP) is 3.76.